The number of carbonyl (C=O) groups excluding carboxylic acids is 1. The van der Waals surface area contributed by atoms with E-state index < -0.39 is 17.1 Å². The Morgan fingerprint density at radius 1 is 1.30 bits per heavy atom. The molecular formula is C20H18ClN3O5S. The number of rotatable bonds is 8. The van der Waals surface area contributed by atoms with Crippen LogP contribution in [0.15, 0.2) is 52.7 Å². The molecule has 1 saturated heterocycles. The second-order valence-corrected chi connectivity index (χ2v) is 7.73. The van der Waals surface area contributed by atoms with Crippen molar-refractivity contribution in [3.05, 3.63) is 58.6 Å². The number of nitrogens with one attached hydrogen (secondary N) is 1. The molecule has 1 heterocycles. The van der Waals surface area contributed by atoms with Gasteiger partial charge in [0.15, 0.2) is 16.7 Å². The Hall–Kier alpha value is -3.04. The number of aliphatic carboxylic acids is 1. The summed E-state index contributed by atoms with van der Waals surface area (Å²) >= 11 is 7.20. The van der Waals surface area contributed by atoms with E-state index in [4.69, 9.17) is 26.2 Å². The van der Waals surface area contributed by atoms with Gasteiger partial charge in [-0.1, -0.05) is 41.6 Å². The lowest BCUT2D eigenvalue weighted by Crippen LogP contribution is -2.26. The third kappa shape index (κ3) is 5.74. The fourth-order valence-corrected chi connectivity index (χ4v) is 3.66. The van der Waals surface area contributed by atoms with Gasteiger partial charge in [-0.2, -0.15) is 5.10 Å². The summed E-state index contributed by atoms with van der Waals surface area (Å²) in [5.41, 5.74) is 1.54. The van der Waals surface area contributed by atoms with E-state index in [2.05, 4.69) is 15.5 Å². The number of amidine groups is 1. The largest absolute Gasteiger partial charge is 0.493 e. The van der Waals surface area contributed by atoms with Crippen molar-refractivity contribution < 1.29 is 24.2 Å². The number of amides is 1. The molecule has 1 aliphatic rings. The van der Waals surface area contributed by atoms with Gasteiger partial charge in [-0.15, -0.1) is 5.10 Å². The fraction of sp³-hybridized carbons (Fsp3) is 0.200. The van der Waals surface area contributed by atoms with Gasteiger partial charge in [-0.05, 0) is 29.8 Å². The summed E-state index contributed by atoms with van der Waals surface area (Å²) in [6, 6.07) is 12.7. The van der Waals surface area contributed by atoms with Crippen molar-refractivity contribution in [2.45, 2.75) is 18.3 Å². The minimum Gasteiger partial charge on any atom is -0.493 e. The summed E-state index contributed by atoms with van der Waals surface area (Å²) < 4.78 is 11.2. The second kappa shape index (κ2) is 10.1. The highest BCUT2D eigenvalue weighted by molar-refractivity contribution is 8.15. The van der Waals surface area contributed by atoms with Gasteiger partial charge in [0.25, 0.3) is 0 Å². The van der Waals surface area contributed by atoms with Gasteiger partial charge >= 0.3 is 5.97 Å². The normalized spacial score (nSPS) is 17.3. The number of nitrogens with zero attached hydrogens (tertiary/aromatic N) is 2. The van der Waals surface area contributed by atoms with E-state index in [0.717, 1.165) is 17.3 Å². The molecular weight excluding hydrogens is 430 g/mol. The first-order valence-corrected chi connectivity index (χ1v) is 10.1. The molecule has 1 aliphatic heterocycles. The Bertz CT molecular complexity index is 1010. The Morgan fingerprint density at radius 3 is 2.83 bits per heavy atom. The summed E-state index contributed by atoms with van der Waals surface area (Å²) in [5.74, 6) is -0.370. The van der Waals surface area contributed by atoms with Gasteiger partial charge in [0.05, 0.1) is 19.7 Å². The van der Waals surface area contributed by atoms with Gasteiger partial charge in [-0.25, -0.2) is 0 Å². The van der Waals surface area contributed by atoms with Crippen molar-refractivity contribution in [1.29, 1.82) is 0 Å². The molecule has 30 heavy (non-hydrogen) atoms. The van der Waals surface area contributed by atoms with Crippen LogP contribution in [0.4, 0.5) is 0 Å². The molecule has 3 rings (SSSR count). The van der Waals surface area contributed by atoms with Gasteiger partial charge in [0.2, 0.25) is 5.91 Å². The highest BCUT2D eigenvalue weighted by atomic mass is 35.5. The van der Waals surface area contributed by atoms with Crippen LogP contribution in [0.5, 0.6) is 11.5 Å². The smallest absolute Gasteiger partial charge is 0.305 e. The lowest BCUT2D eigenvalue weighted by atomic mass is 10.2. The van der Waals surface area contributed by atoms with Crippen LogP contribution >= 0.6 is 23.4 Å². The SMILES string of the molecule is COc1ccc(/C=N\N=C2NC(=O)[C@H](CC(=O)O)S2)cc1OCc1ccccc1Cl. The minimum atomic E-state index is -1.05. The summed E-state index contributed by atoms with van der Waals surface area (Å²) in [6.07, 6.45) is 1.22. The molecule has 1 amide bonds. The monoisotopic (exact) mass is 447 g/mol. The first-order valence-electron chi connectivity index (χ1n) is 8.81. The predicted octanol–water partition coefficient (Wildman–Crippen LogP) is 3.32. The third-order valence-electron chi connectivity index (χ3n) is 4.02. The van der Waals surface area contributed by atoms with Gasteiger partial charge in [-0.3, -0.25) is 9.59 Å². The minimum absolute atomic E-state index is 0.256. The Balaban J connectivity index is 1.68. The highest BCUT2D eigenvalue weighted by Crippen LogP contribution is 2.29. The zero-order valence-electron chi connectivity index (χ0n) is 15.9. The molecule has 2 aromatic rings. The Morgan fingerprint density at radius 2 is 2.10 bits per heavy atom. The van der Waals surface area contributed by atoms with E-state index in [1.807, 2.05) is 18.2 Å². The number of ether oxygens (including phenoxy) is 2. The van der Waals surface area contributed by atoms with Crippen LogP contribution in [0.3, 0.4) is 0 Å². The maximum absolute atomic E-state index is 11.7. The quantitative estimate of drug-likeness (QED) is 0.474. The average Bonchev–Trinajstić information content (AvgIpc) is 3.06. The molecule has 2 aromatic carbocycles. The number of carbonyl (C=O) groups is 2. The standard InChI is InChI=1S/C20H18ClN3O5S/c1-28-15-7-6-12(8-16(15)29-11-13-4-2-3-5-14(13)21)10-22-24-20-23-19(27)17(30-20)9-18(25)26/h2-8,10,17H,9,11H2,1H3,(H,25,26)(H,23,24,27)/b22-10-/t17-/m0/s1. The molecule has 0 radical (unpaired) electrons. The summed E-state index contributed by atoms with van der Waals surface area (Å²) in [4.78, 5) is 22.5. The molecule has 1 fully saturated rings. The molecule has 0 aliphatic carbocycles. The maximum atomic E-state index is 11.7. The Labute approximate surface area is 181 Å². The van der Waals surface area contributed by atoms with Crippen LogP contribution in [0.25, 0.3) is 0 Å². The summed E-state index contributed by atoms with van der Waals surface area (Å²) in [6.45, 7) is 0.270. The number of carboxylic acid groups (broad SMARTS) is 1. The molecule has 156 valence electrons. The second-order valence-electron chi connectivity index (χ2n) is 6.13. The average molecular weight is 448 g/mol. The zero-order chi connectivity index (χ0) is 21.5. The van der Waals surface area contributed by atoms with E-state index in [1.54, 1.807) is 31.4 Å². The van der Waals surface area contributed by atoms with E-state index in [0.29, 0.717) is 22.1 Å². The van der Waals surface area contributed by atoms with Crippen LogP contribution in [-0.4, -0.2) is 40.7 Å². The summed E-state index contributed by atoms with van der Waals surface area (Å²) in [7, 11) is 1.55. The van der Waals surface area contributed by atoms with Crippen LogP contribution in [0, 0.1) is 0 Å². The van der Waals surface area contributed by atoms with Crippen molar-refractivity contribution in [2.24, 2.45) is 10.2 Å². The van der Waals surface area contributed by atoms with Gasteiger partial charge < -0.3 is 19.9 Å². The molecule has 1 atom stereocenters. The highest BCUT2D eigenvalue weighted by Gasteiger charge is 2.32. The van der Waals surface area contributed by atoms with Crippen LogP contribution in [-0.2, 0) is 16.2 Å². The molecule has 0 aromatic heterocycles. The molecule has 0 unspecified atom stereocenters. The number of methoxy groups -OCH3 is 1. The molecule has 10 heteroatoms. The molecule has 8 nitrogen and oxygen atoms in total. The van der Waals surface area contributed by atoms with Gasteiger partial charge in [0, 0.05) is 10.6 Å². The third-order valence-corrected chi connectivity index (χ3v) is 5.46. The van der Waals surface area contributed by atoms with Crippen LogP contribution in [0.1, 0.15) is 17.5 Å². The number of carboxylic acids is 1. The van der Waals surface area contributed by atoms with E-state index in [1.165, 1.54) is 6.21 Å². The number of halogens is 1. The van der Waals surface area contributed by atoms with E-state index >= 15 is 0 Å². The van der Waals surface area contributed by atoms with Crippen molar-refractivity contribution in [3.8, 4) is 11.5 Å². The van der Waals surface area contributed by atoms with Crippen molar-refractivity contribution in [3.63, 3.8) is 0 Å². The zero-order valence-corrected chi connectivity index (χ0v) is 17.4. The fourth-order valence-electron chi connectivity index (χ4n) is 2.55. The Kier molecular flexibility index (Phi) is 7.31. The topological polar surface area (TPSA) is 110 Å². The van der Waals surface area contributed by atoms with E-state index in [-0.39, 0.29) is 18.2 Å². The van der Waals surface area contributed by atoms with Crippen LogP contribution < -0.4 is 14.8 Å². The first kappa shape index (κ1) is 21.7. The summed E-state index contributed by atoms with van der Waals surface area (Å²) in [5, 5.41) is 19.4. The molecule has 0 saturated carbocycles. The molecule has 2 N–H and O–H groups in total. The van der Waals surface area contributed by atoms with Crippen molar-refractivity contribution >= 4 is 46.6 Å². The lowest BCUT2D eigenvalue weighted by Gasteiger charge is -2.12. The molecule has 0 bridgehead atoms. The number of thioether (sulfide) groups is 1. The van der Waals surface area contributed by atoms with Crippen molar-refractivity contribution in [2.75, 3.05) is 7.11 Å². The van der Waals surface area contributed by atoms with Crippen LogP contribution in [0.2, 0.25) is 5.02 Å². The van der Waals surface area contributed by atoms with Crippen molar-refractivity contribution in [1.82, 2.24) is 5.32 Å². The molecule has 0 spiro atoms. The number of hydrogen-bond acceptors (Lipinski definition) is 7. The number of benzene rings is 2. The maximum Gasteiger partial charge on any atom is 0.305 e. The van der Waals surface area contributed by atoms with E-state index in [9.17, 15) is 9.59 Å². The van der Waals surface area contributed by atoms with Gasteiger partial charge in [0.1, 0.15) is 11.9 Å². The first-order chi connectivity index (χ1) is 14.5. The lowest BCUT2D eigenvalue weighted by molar-refractivity contribution is -0.138. The number of hydrogen-bond donors (Lipinski definition) is 2. The predicted molar refractivity (Wildman–Crippen MR) is 116 cm³/mol.